The van der Waals surface area contributed by atoms with Gasteiger partial charge in [-0.05, 0) is 31.5 Å². The summed E-state index contributed by atoms with van der Waals surface area (Å²) >= 11 is 0. The molecular weight excluding hydrogens is 283 g/mol. The van der Waals surface area contributed by atoms with Crippen molar-refractivity contribution >= 4 is 11.7 Å². The van der Waals surface area contributed by atoms with Gasteiger partial charge in [0.2, 0.25) is 5.91 Å². The first-order chi connectivity index (χ1) is 9.90. The van der Waals surface area contributed by atoms with Gasteiger partial charge in [0.15, 0.2) is 0 Å². The van der Waals surface area contributed by atoms with Gasteiger partial charge < -0.3 is 5.32 Å². The summed E-state index contributed by atoms with van der Waals surface area (Å²) in [4.78, 5) is 17.5. The number of carbonyl (C=O) groups excluding carboxylic acids is 1. The van der Waals surface area contributed by atoms with Gasteiger partial charge in [0, 0.05) is 31.1 Å². The van der Waals surface area contributed by atoms with E-state index in [1.807, 2.05) is 0 Å². The van der Waals surface area contributed by atoms with Crippen molar-refractivity contribution in [3.05, 3.63) is 23.9 Å². The maximum Gasteiger partial charge on any atom is 0.416 e. The van der Waals surface area contributed by atoms with Gasteiger partial charge in [0.05, 0.1) is 5.56 Å². The molecule has 21 heavy (non-hydrogen) atoms. The Morgan fingerprint density at radius 3 is 2.81 bits per heavy atom. The summed E-state index contributed by atoms with van der Waals surface area (Å²) in [5.41, 5.74) is -0.798. The van der Waals surface area contributed by atoms with E-state index in [1.165, 1.54) is 4.90 Å². The van der Waals surface area contributed by atoms with E-state index in [9.17, 15) is 18.0 Å². The maximum absolute atomic E-state index is 12.8. The summed E-state index contributed by atoms with van der Waals surface area (Å²) in [7, 11) is 0. The molecule has 2 fully saturated rings. The number of halogens is 3. The van der Waals surface area contributed by atoms with Crippen molar-refractivity contribution in [2.45, 2.75) is 25.4 Å². The third kappa shape index (κ3) is 2.74. The highest BCUT2D eigenvalue weighted by Gasteiger charge is 2.42. The van der Waals surface area contributed by atoms with Gasteiger partial charge in [-0.3, -0.25) is 9.69 Å². The third-order valence-electron chi connectivity index (χ3n) is 4.35. The zero-order valence-electron chi connectivity index (χ0n) is 11.4. The van der Waals surface area contributed by atoms with Crippen LogP contribution in [0.25, 0.3) is 0 Å². The largest absolute Gasteiger partial charge is 0.416 e. The van der Waals surface area contributed by atoms with E-state index in [-0.39, 0.29) is 17.1 Å². The molecule has 7 heteroatoms. The Hall–Kier alpha value is -1.63. The fourth-order valence-electron chi connectivity index (χ4n) is 3.10. The van der Waals surface area contributed by atoms with Crippen molar-refractivity contribution < 1.29 is 18.0 Å². The number of anilines is 1. The first kappa shape index (κ1) is 14.3. The van der Waals surface area contributed by atoms with Gasteiger partial charge >= 0.3 is 6.18 Å². The lowest BCUT2D eigenvalue weighted by atomic mass is 9.79. The third-order valence-corrected chi connectivity index (χ3v) is 4.35. The SMILES string of the molecule is O=C1CCC2(CCNC2)CN1c1cc(C(F)(F)F)ccn1. The lowest BCUT2D eigenvalue weighted by Crippen LogP contribution is -2.48. The summed E-state index contributed by atoms with van der Waals surface area (Å²) in [5.74, 6) is -0.0554. The summed E-state index contributed by atoms with van der Waals surface area (Å²) in [6.45, 7) is 2.13. The number of pyridine rings is 1. The van der Waals surface area contributed by atoms with E-state index in [4.69, 9.17) is 0 Å². The summed E-state index contributed by atoms with van der Waals surface area (Å²) in [6, 6.07) is 1.88. The van der Waals surface area contributed by atoms with Crippen LogP contribution in [0, 0.1) is 5.41 Å². The predicted molar refractivity (Wildman–Crippen MR) is 70.7 cm³/mol. The average molecular weight is 299 g/mol. The second kappa shape index (κ2) is 4.98. The van der Waals surface area contributed by atoms with Crippen LogP contribution in [-0.2, 0) is 11.0 Å². The number of alkyl halides is 3. The summed E-state index contributed by atoms with van der Waals surface area (Å²) in [5, 5.41) is 3.27. The predicted octanol–water partition coefficient (Wildman–Crippen LogP) is 2.21. The van der Waals surface area contributed by atoms with E-state index in [2.05, 4.69) is 10.3 Å². The van der Waals surface area contributed by atoms with Crippen LogP contribution in [-0.4, -0.2) is 30.5 Å². The molecule has 1 aromatic rings. The highest BCUT2D eigenvalue weighted by atomic mass is 19.4. The number of nitrogens with zero attached hydrogens (tertiary/aromatic N) is 2. The molecule has 114 valence electrons. The second-order valence-corrected chi connectivity index (χ2v) is 5.81. The van der Waals surface area contributed by atoms with Crippen LogP contribution in [0.2, 0.25) is 0 Å². The molecule has 0 bridgehead atoms. The van der Waals surface area contributed by atoms with Crippen molar-refractivity contribution in [2.75, 3.05) is 24.5 Å². The molecule has 1 unspecified atom stereocenters. The molecule has 2 saturated heterocycles. The monoisotopic (exact) mass is 299 g/mol. The van der Waals surface area contributed by atoms with Gasteiger partial charge in [-0.2, -0.15) is 13.2 Å². The van der Waals surface area contributed by atoms with Gasteiger partial charge in [-0.1, -0.05) is 0 Å². The van der Waals surface area contributed by atoms with Crippen molar-refractivity contribution in [3.63, 3.8) is 0 Å². The van der Waals surface area contributed by atoms with Gasteiger partial charge in [-0.15, -0.1) is 0 Å². The molecule has 1 aromatic heterocycles. The number of nitrogens with one attached hydrogen (secondary N) is 1. The zero-order valence-corrected chi connectivity index (χ0v) is 11.4. The van der Waals surface area contributed by atoms with E-state index >= 15 is 0 Å². The molecule has 2 aliphatic rings. The van der Waals surface area contributed by atoms with Crippen molar-refractivity contribution in [3.8, 4) is 0 Å². The van der Waals surface area contributed by atoms with Crippen LogP contribution in [0.4, 0.5) is 19.0 Å². The molecule has 3 rings (SSSR count). The molecule has 0 aromatic carbocycles. The van der Waals surface area contributed by atoms with Crippen LogP contribution in [0.5, 0.6) is 0 Å². The lowest BCUT2D eigenvalue weighted by molar-refractivity contribution is -0.137. The normalized spacial score (nSPS) is 26.6. The Balaban J connectivity index is 1.89. The molecule has 2 aliphatic heterocycles. The molecule has 1 amide bonds. The molecule has 4 nitrogen and oxygen atoms in total. The highest BCUT2D eigenvalue weighted by Crippen LogP contribution is 2.38. The molecule has 3 heterocycles. The Labute approximate surface area is 120 Å². The first-order valence-electron chi connectivity index (χ1n) is 6.94. The number of piperidine rings is 1. The van der Waals surface area contributed by atoms with Gasteiger partial charge in [-0.25, -0.2) is 4.98 Å². The smallest absolute Gasteiger partial charge is 0.316 e. The number of aromatic nitrogens is 1. The standard InChI is InChI=1S/C14H16F3N3O/c15-14(16,17)10-2-5-19-11(7-10)20-9-13(3-1-12(20)21)4-6-18-8-13/h2,5,7,18H,1,3-4,6,8-9H2. The van der Waals surface area contributed by atoms with E-state index < -0.39 is 11.7 Å². The minimum atomic E-state index is -4.43. The van der Waals surface area contributed by atoms with Crippen LogP contribution >= 0.6 is 0 Å². The molecule has 1 atom stereocenters. The number of amides is 1. The number of rotatable bonds is 1. The van der Waals surface area contributed by atoms with Crippen LogP contribution < -0.4 is 10.2 Å². The molecule has 0 radical (unpaired) electrons. The van der Waals surface area contributed by atoms with Crippen molar-refractivity contribution in [1.82, 2.24) is 10.3 Å². The fraction of sp³-hybridized carbons (Fsp3) is 0.571. The topological polar surface area (TPSA) is 45.2 Å². The Kier molecular flexibility index (Phi) is 3.39. The fourth-order valence-corrected chi connectivity index (χ4v) is 3.10. The number of carbonyl (C=O) groups is 1. The summed E-state index contributed by atoms with van der Waals surface area (Å²) < 4.78 is 38.4. The highest BCUT2D eigenvalue weighted by molar-refractivity contribution is 5.93. The molecule has 1 spiro atoms. The van der Waals surface area contributed by atoms with Gasteiger partial charge in [0.1, 0.15) is 5.82 Å². The van der Waals surface area contributed by atoms with Gasteiger partial charge in [0.25, 0.3) is 0 Å². The minimum Gasteiger partial charge on any atom is -0.316 e. The lowest BCUT2D eigenvalue weighted by Gasteiger charge is -2.39. The Morgan fingerprint density at radius 2 is 2.14 bits per heavy atom. The minimum absolute atomic E-state index is 0.0240. The van der Waals surface area contributed by atoms with Crippen molar-refractivity contribution in [1.29, 1.82) is 0 Å². The molecule has 0 aliphatic carbocycles. The zero-order chi connectivity index (χ0) is 15.1. The first-order valence-corrected chi connectivity index (χ1v) is 6.94. The maximum atomic E-state index is 12.8. The Morgan fingerprint density at radius 1 is 1.33 bits per heavy atom. The quantitative estimate of drug-likeness (QED) is 0.865. The number of hydrogen-bond donors (Lipinski definition) is 1. The molecule has 0 saturated carbocycles. The van der Waals surface area contributed by atoms with E-state index in [1.54, 1.807) is 0 Å². The number of hydrogen-bond acceptors (Lipinski definition) is 3. The van der Waals surface area contributed by atoms with Crippen molar-refractivity contribution in [2.24, 2.45) is 5.41 Å². The molecule has 1 N–H and O–H groups in total. The van der Waals surface area contributed by atoms with E-state index in [0.29, 0.717) is 13.0 Å². The van der Waals surface area contributed by atoms with Crippen LogP contribution in [0.3, 0.4) is 0 Å². The summed E-state index contributed by atoms with van der Waals surface area (Å²) in [6.07, 6.45) is -1.23. The van der Waals surface area contributed by atoms with Crippen LogP contribution in [0.1, 0.15) is 24.8 Å². The Bertz CT molecular complexity index is 553. The van der Waals surface area contributed by atoms with Crippen LogP contribution in [0.15, 0.2) is 18.3 Å². The second-order valence-electron chi connectivity index (χ2n) is 5.81. The van der Waals surface area contributed by atoms with E-state index in [0.717, 1.165) is 44.3 Å². The molecular formula is C14H16F3N3O. The average Bonchev–Trinajstić information content (AvgIpc) is 2.90.